The average Bonchev–Trinajstić information content (AvgIpc) is 2.32. The predicted octanol–water partition coefficient (Wildman–Crippen LogP) is 6.09. The van der Waals surface area contributed by atoms with E-state index >= 15 is 0 Å². The van der Waals surface area contributed by atoms with Crippen LogP contribution < -0.4 is 5.32 Å². The van der Waals surface area contributed by atoms with Gasteiger partial charge in [-0.05, 0) is 63.2 Å². The number of nitrogens with one attached hydrogen (secondary N) is 1. The van der Waals surface area contributed by atoms with Gasteiger partial charge in [0.15, 0.2) is 5.78 Å². The number of carbonyl (C=O) groups excluding carboxylic acids is 1. The summed E-state index contributed by atoms with van der Waals surface area (Å²) < 4.78 is 0. The number of rotatable bonds is 4. The molecule has 1 aliphatic rings. The lowest BCUT2D eigenvalue weighted by molar-refractivity contribution is -0.129. The van der Waals surface area contributed by atoms with Gasteiger partial charge in [0.2, 0.25) is 0 Å². The van der Waals surface area contributed by atoms with E-state index in [-0.39, 0.29) is 24.4 Å². The molecule has 1 saturated carbocycles. The zero-order chi connectivity index (χ0) is 18.2. The first-order valence-electron chi connectivity index (χ1n) is 9.46. The van der Waals surface area contributed by atoms with Crippen molar-refractivity contribution in [1.29, 1.82) is 0 Å². The molecular weight excluding hydrogens is 294 g/mol. The molecule has 0 aliphatic heterocycles. The van der Waals surface area contributed by atoms with Crippen LogP contribution in [0, 0.1) is 28.6 Å². The van der Waals surface area contributed by atoms with E-state index in [1.165, 1.54) is 12.8 Å². The summed E-state index contributed by atoms with van der Waals surface area (Å²) in [5.41, 5.74) is 0.0995. The zero-order valence-electron chi connectivity index (χ0n) is 17.3. The normalized spacial score (nSPS) is 28.8. The maximum atomic E-state index is 12.9. The largest absolute Gasteiger partial charge is 0.303 e. The number of Topliss-reactive ketones (excluding diaryl/α,β-unsaturated/α-hetero) is 1. The summed E-state index contributed by atoms with van der Waals surface area (Å²) in [7, 11) is 0. The first-order valence-corrected chi connectivity index (χ1v) is 9.46. The molecule has 1 rings (SSSR count). The van der Waals surface area contributed by atoms with Gasteiger partial charge in [-0.1, -0.05) is 55.9 Å². The molecule has 1 N–H and O–H groups in total. The fourth-order valence-corrected chi connectivity index (χ4v) is 3.99. The van der Waals surface area contributed by atoms with Crippen LogP contribution in [-0.4, -0.2) is 17.4 Å². The highest BCUT2D eigenvalue weighted by Gasteiger charge is 2.41. The first-order chi connectivity index (χ1) is 10.1. The van der Waals surface area contributed by atoms with Crippen molar-refractivity contribution in [3.8, 4) is 0 Å². The van der Waals surface area contributed by atoms with Crippen LogP contribution in [0.3, 0.4) is 0 Å². The topological polar surface area (TPSA) is 29.1 Å². The summed E-state index contributed by atoms with van der Waals surface area (Å²) in [5, 5.41) is 3.61. The standard InChI is InChI=1S/C21H41NO.CH4/c1-14-11-16(12-15(2)21(14,9)10)13-17(22-20(6,7)8)18(23)19(3,4)5;/h14-17,22H,11-13H2,1-10H3;1H4. The second kappa shape index (κ2) is 7.89. The van der Waals surface area contributed by atoms with Crippen LogP contribution in [0.5, 0.6) is 0 Å². The minimum Gasteiger partial charge on any atom is -0.303 e. The number of hydrogen-bond acceptors (Lipinski definition) is 2. The van der Waals surface area contributed by atoms with Gasteiger partial charge in [-0.15, -0.1) is 0 Å². The van der Waals surface area contributed by atoms with Gasteiger partial charge < -0.3 is 5.32 Å². The Morgan fingerprint density at radius 2 is 1.46 bits per heavy atom. The van der Waals surface area contributed by atoms with Crippen LogP contribution in [0.4, 0.5) is 0 Å². The Bertz CT molecular complexity index is 397. The molecule has 0 heterocycles. The molecule has 0 aromatic rings. The van der Waals surface area contributed by atoms with E-state index in [1.54, 1.807) is 0 Å². The molecule has 0 bridgehead atoms. The van der Waals surface area contributed by atoms with Gasteiger partial charge in [0.25, 0.3) is 0 Å². The molecule has 0 aromatic heterocycles. The third-order valence-corrected chi connectivity index (χ3v) is 6.15. The Balaban J connectivity index is 0.00000529. The highest BCUT2D eigenvalue weighted by atomic mass is 16.1. The molecule has 3 unspecified atom stereocenters. The van der Waals surface area contributed by atoms with E-state index in [1.807, 2.05) is 20.8 Å². The van der Waals surface area contributed by atoms with Gasteiger partial charge in [0, 0.05) is 11.0 Å². The molecule has 1 fully saturated rings. The van der Waals surface area contributed by atoms with E-state index in [0.29, 0.717) is 17.1 Å². The lowest BCUT2D eigenvalue weighted by atomic mass is 9.59. The number of hydrogen-bond donors (Lipinski definition) is 1. The maximum absolute atomic E-state index is 12.9. The molecule has 0 saturated heterocycles. The van der Waals surface area contributed by atoms with E-state index < -0.39 is 0 Å². The lowest BCUT2D eigenvalue weighted by Gasteiger charge is -2.47. The van der Waals surface area contributed by atoms with E-state index in [2.05, 4.69) is 53.8 Å². The van der Waals surface area contributed by atoms with Crippen molar-refractivity contribution in [1.82, 2.24) is 5.32 Å². The maximum Gasteiger partial charge on any atom is 0.155 e. The van der Waals surface area contributed by atoms with Crippen molar-refractivity contribution in [2.24, 2.45) is 28.6 Å². The lowest BCUT2D eigenvalue weighted by Crippen LogP contribution is -2.52. The Hall–Kier alpha value is -0.370. The fraction of sp³-hybridized carbons (Fsp3) is 0.955. The molecule has 0 radical (unpaired) electrons. The second-order valence-electron chi connectivity index (χ2n) is 10.8. The molecule has 2 heteroatoms. The monoisotopic (exact) mass is 339 g/mol. The van der Waals surface area contributed by atoms with Crippen molar-refractivity contribution in [3.63, 3.8) is 0 Å². The second-order valence-corrected chi connectivity index (χ2v) is 10.8. The Kier molecular flexibility index (Phi) is 7.77. The van der Waals surface area contributed by atoms with Crippen molar-refractivity contribution in [2.75, 3.05) is 0 Å². The quantitative estimate of drug-likeness (QED) is 0.671. The Labute approximate surface area is 152 Å². The molecule has 1 aliphatic carbocycles. The van der Waals surface area contributed by atoms with Gasteiger partial charge in [0.05, 0.1) is 6.04 Å². The van der Waals surface area contributed by atoms with Crippen molar-refractivity contribution in [3.05, 3.63) is 0 Å². The van der Waals surface area contributed by atoms with E-state index in [9.17, 15) is 4.79 Å². The predicted molar refractivity (Wildman–Crippen MR) is 107 cm³/mol. The van der Waals surface area contributed by atoms with Crippen LogP contribution in [0.15, 0.2) is 0 Å². The summed E-state index contributed by atoms with van der Waals surface area (Å²) >= 11 is 0. The molecule has 0 spiro atoms. The molecule has 0 aromatic carbocycles. The summed E-state index contributed by atoms with van der Waals surface area (Å²) in [6.07, 6.45) is 3.48. The highest BCUT2D eigenvalue weighted by molar-refractivity contribution is 5.88. The highest BCUT2D eigenvalue weighted by Crippen LogP contribution is 2.48. The van der Waals surface area contributed by atoms with Crippen molar-refractivity contribution < 1.29 is 4.79 Å². The van der Waals surface area contributed by atoms with Crippen molar-refractivity contribution in [2.45, 2.75) is 108 Å². The molecule has 24 heavy (non-hydrogen) atoms. The third-order valence-electron chi connectivity index (χ3n) is 6.15. The third kappa shape index (κ3) is 6.17. The van der Waals surface area contributed by atoms with Crippen LogP contribution in [0.25, 0.3) is 0 Å². The van der Waals surface area contributed by atoms with Gasteiger partial charge in [-0.25, -0.2) is 0 Å². The van der Waals surface area contributed by atoms with Gasteiger partial charge in [0.1, 0.15) is 0 Å². The first kappa shape index (κ1) is 23.6. The molecule has 0 amide bonds. The zero-order valence-corrected chi connectivity index (χ0v) is 17.3. The van der Waals surface area contributed by atoms with E-state index in [0.717, 1.165) is 18.3 Å². The molecular formula is C22H45NO. The smallest absolute Gasteiger partial charge is 0.155 e. The summed E-state index contributed by atoms with van der Waals surface area (Å²) in [6, 6.07) is -0.0272. The van der Waals surface area contributed by atoms with Crippen LogP contribution in [0.2, 0.25) is 0 Å². The van der Waals surface area contributed by atoms with E-state index in [4.69, 9.17) is 0 Å². The SMILES string of the molecule is C.CC1CC(CC(NC(C)(C)C)C(=O)C(C)(C)C)CC(C)C1(C)C. The number of carbonyl (C=O) groups is 1. The van der Waals surface area contributed by atoms with Gasteiger partial charge >= 0.3 is 0 Å². The minimum absolute atomic E-state index is 0. The van der Waals surface area contributed by atoms with Gasteiger partial charge in [-0.2, -0.15) is 0 Å². The summed E-state index contributed by atoms with van der Waals surface area (Å²) in [4.78, 5) is 12.9. The summed E-state index contributed by atoms with van der Waals surface area (Å²) in [5.74, 6) is 2.45. The Morgan fingerprint density at radius 3 is 1.79 bits per heavy atom. The Morgan fingerprint density at radius 1 is 1.04 bits per heavy atom. The minimum atomic E-state index is -0.284. The molecule has 3 atom stereocenters. The number of ketones is 1. The fourth-order valence-electron chi connectivity index (χ4n) is 3.99. The molecule has 2 nitrogen and oxygen atoms in total. The summed E-state index contributed by atoms with van der Waals surface area (Å²) in [6.45, 7) is 22.2. The van der Waals surface area contributed by atoms with Crippen LogP contribution in [-0.2, 0) is 4.79 Å². The van der Waals surface area contributed by atoms with Crippen molar-refractivity contribution >= 4 is 5.78 Å². The van der Waals surface area contributed by atoms with Crippen LogP contribution in [0.1, 0.15) is 95.9 Å². The molecule has 144 valence electrons. The van der Waals surface area contributed by atoms with Crippen LogP contribution >= 0.6 is 0 Å². The average molecular weight is 340 g/mol. The van der Waals surface area contributed by atoms with Gasteiger partial charge in [-0.3, -0.25) is 4.79 Å².